The molecule has 4 atom stereocenters. The molecule has 1 amide bonds. The van der Waals surface area contributed by atoms with E-state index < -0.39 is 23.0 Å². The first-order chi connectivity index (χ1) is 20.3. The average Bonchev–Trinajstić information content (AvgIpc) is 3.37. The van der Waals surface area contributed by atoms with Crippen LogP contribution in [-0.4, -0.2) is 58.2 Å². The van der Waals surface area contributed by atoms with Crippen molar-refractivity contribution in [2.75, 3.05) is 19.6 Å². The second-order valence-electron chi connectivity index (χ2n) is 14.0. The fourth-order valence-electron chi connectivity index (χ4n) is 6.14. The van der Waals surface area contributed by atoms with Crippen LogP contribution in [0.15, 0.2) is 30.5 Å². The SMILES string of the molecule is CCCCC1c2nc(-c3ccc(C(=O)C4CNCCC4C(=O)OC(C)(C)C)cc3)cn2CCC1CNC(=O)OC(C)(C)C. The largest absolute Gasteiger partial charge is 0.460 e. The maximum absolute atomic E-state index is 13.5. The van der Waals surface area contributed by atoms with Gasteiger partial charge in [0.05, 0.1) is 11.6 Å². The number of ketones is 1. The van der Waals surface area contributed by atoms with Gasteiger partial charge in [0, 0.05) is 48.8 Å². The summed E-state index contributed by atoms with van der Waals surface area (Å²) in [4.78, 5) is 43.9. The Kier molecular flexibility index (Phi) is 10.4. The number of esters is 1. The van der Waals surface area contributed by atoms with Gasteiger partial charge in [0.1, 0.15) is 17.0 Å². The summed E-state index contributed by atoms with van der Waals surface area (Å²) in [6, 6.07) is 7.59. The number of hydrogen-bond acceptors (Lipinski definition) is 7. The Morgan fingerprint density at radius 2 is 1.70 bits per heavy atom. The molecule has 2 N–H and O–H groups in total. The minimum absolute atomic E-state index is 0.0429. The molecule has 0 saturated carbocycles. The molecule has 1 aromatic carbocycles. The lowest BCUT2D eigenvalue weighted by Crippen LogP contribution is -2.45. The van der Waals surface area contributed by atoms with Gasteiger partial charge < -0.3 is 24.7 Å². The summed E-state index contributed by atoms with van der Waals surface area (Å²) in [5.74, 6) is 0.318. The van der Waals surface area contributed by atoms with E-state index in [1.165, 1.54) is 0 Å². The standard InChI is InChI=1S/C34H50N4O5/c1-8-9-10-25-24(19-36-32(41)43-34(5,6)7)16-18-38-21-28(37-30(25)38)22-11-13-23(14-12-22)29(39)27-20-35-17-15-26(27)31(40)42-33(2,3)4/h11-14,21,24-27,35H,8-10,15-20H2,1-7H3,(H,36,41). The van der Waals surface area contributed by atoms with Crippen LogP contribution < -0.4 is 10.6 Å². The second kappa shape index (κ2) is 13.6. The molecule has 0 radical (unpaired) electrons. The van der Waals surface area contributed by atoms with Crippen LogP contribution in [0.3, 0.4) is 0 Å². The number of Topliss-reactive ketones (excluding diaryl/α,β-unsaturated/α-hetero) is 1. The molecule has 9 nitrogen and oxygen atoms in total. The number of unbranched alkanes of at least 4 members (excludes halogenated alkanes) is 1. The topological polar surface area (TPSA) is 112 Å². The van der Waals surface area contributed by atoms with Gasteiger partial charge in [-0.15, -0.1) is 0 Å². The monoisotopic (exact) mass is 594 g/mol. The number of fused-ring (bicyclic) bond motifs is 1. The molecule has 4 rings (SSSR count). The fraction of sp³-hybridized carbons (Fsp3) is 0.647. The average molecular weight is 595 g/mol. The van der Waals surface area contributed by atoms with Crippen LogP contribution in [0.4, 0.5) is 4.79 Å². The molecule has 236 valence electrons. The zero-order valence-electron chi connectivity index (χ0n) is 27.0. The molecular weight excluding hydrogens is 544 g/mol. The van der Waals surface area contributed by atoms with Crippen LogP contribution in [0.5, 0.6) is 0 Å². The van der Waals surface area contributed by atoms with Crippen molar-refractivity contribution in [2.24, 2.45) is 17.8 Å². The first-order valence-electron chi connectivity index (χ1n) is 15.9. The molecule has 1 saturated heterocycles. The molecule has 0 spiro atoms. The Hall–Kier alpha value is -3.20. The number of benzene rings is 1. The number of amides is 1. The predicted octanol–water partition coefficient (Wildman–Crippen LogP) is 6.12. The quantitative estimate of drug-likeness (QED) is 0.266. The Bertz CT molecular complexity index is 1270. The lowest BCUT2D eigenvalue weighted by atomic mass is 9.81. The van der Waals surface area contributed by atoms with Gasteiger partial charge in [0.2, 0.25) is 0 Å². The molecular formula is C34H50N4O5. The number of nitrogens with zero attached hydrogens (tertiary/aromatic N) is 2. The van der Waals surface area contributed by atoms with Gasteiger partial charge in [-0.05, 0) is 73.3 Å². The van der Waals surface area contributed by atoms with Crippen molar-refractivity contribution in [3.63, 3.8) is 0 Å². The third kappa shape index (κ3) is 8.68. The van der Waals surface area contributed by atoms with E-state index in [0.29, 0.717) is 31.6 Å². The van der Waals surface area contributed by atoms with Crippen molar-refractivity contribution in [1.29, 1.82) is 0 Å². The number of aryl methyl sites for hydroxylation is 1. The van der Waals surface area contributed by atoms with E-state index in [1.807, 2.05) is 65.8 Å². The lowest BCUT2D eigenvalue weighted by molar-refractivity contribution is -0.162. The van der Waals surface area contributed by atoms with Gasteiger partial charge in [0.15, 0.2) is 5.78 Å². The number of nitrogens with one attached hydrogen (secondary N) is 2. The van der Waals surface area contributed by atoms with Crippen molar-refractivity contribution < 1.29 is 23.9 Å². The van der Waals surface area contributed by atoms with Gasteiger partial charge in [0.25, 0.3) is 0 Å². The number of rotatable bonds is 9. The summed E-state index contributed by atoms with van der Waals surface area (Å²) < 4.78 is 13.3. The van der Waals surface area contributed by atoms with Crippen LogP contribution >= 0.6 is 0 Å². The predicted molar refractivity (Wildman–Crippen MR) is 167 cm³/mol. The zero-order chi connectivity index (χ0) is 31.4. The highest BCUT2D eigenvalue weighted by molar-refractivity contribution is 6.00. The Labute approximate surface area is 256 Å². The van der Waals surface area contributed by atoms with Crippen LogP contribution in [0.25, 0.3) is 11.3 Å². The highest BCUT2D eigenvalue weighted by Crippen LogP contribution is 2.37. The van der Waals surface area contributed by atoms with E-state index in [2.05, 4.69) is 28.3 Å². The maximum Gasteiger partial charge on any atom is 0.407 e. The number of hydrogen-bond donors (Lipinski definition) is 2. The minimum Gasteiger partial charge on any atom is -0.460 e. The second-order valence-corrected chi connectivity index (χ2v) is 14.0. The Morgan fingerprint density at radius 3 is 2.35 bits per heavy atom. The third-order valence-corrected chi connectivity index (χ3v) is 8.22. The Balaban J connectivity index is 1.48. The molecule has 2 aromatic rings. The Morgan fingerprint density at radius 1 is 1.00 bits per heavy atom. The van der Waals surface area contributed by atoms with E-state index in [4.69, 9.17) is 14.5 Å². The van der Waals surface area contributed by atoms with Gasteiger partial charge in [-0.25, -0.2) is 9.78 Å². The molecule has 9 heteroatoms. The van der Waals surface area contributed by atoms with E-state index in [1.54, 1.807) is 0 Å². The minimum atomic E-state index is -0.592. The van der Waals surface area contributed by atoms with Crippen molar-refractivity contribution in [3.05, 3.63) is 41.9 Å². The first kappa shape index (κ1) is 32.7. The normalized spacial score (nSPS) is 22.4. The number of alkyl carbamates (subject to hydrolysis) is 1. The molecule has 3 heterocycles. The van der Waals surface area contributed by atoms with Crippen LogP contribution in [-0.2, 0) is 20.8 Å². The van der Waals surface area contributed by atoms with Crippen LogP contribution in [0.2, 0.25) is 0 Å². The van der Waals surface area contributed by atoms with Gasteiger partial charge >= 0.3 is 12.1 Å². The summed E-state index contributed by atoms with van der Waals surface area (Å²) in [7, 11) is 0. The van der Waals surface area contributed by atoms with Gasteiger partial charge in [-0.1, -0.05) is 44.0 Å². The molecule has 1 fully saturated rings. The van der Waals surface area contributed by atoms with Crippen molar-refractivity contribution in [3.8, 4) is 11.3 Å². The number of aromatic nitrogens is 2. The summed E-state index contributed by atoms with van der Waals surface area (Å²) in [6.07, 6.45) is 6.45. The zero-order valence-corrected chi connectivity index (χ0v) is 27.0. The summed E-state index contributed by atoms with van der Waals surface area (Å²) in [5, 5.41) is 6.26. The molecule has 2 aliphatic rings. The highest BCUT2D eigenvalue weighted by Gasteiger charge is 2.38. The number of carbonyl (C=O) groups is 3. The van der Waals surface area contributed by atoms with E-state index in [9.17, 15) is 14.4 Å². The summed E-state index contributed by atoms with van der Waals surface area (Å²) in [5.41, 5.74) is 1.29. The van der Waals surface area contributed by atoms with Crippen molar-refractivity contribution in [1.82, 2.24) is 20.2 Å². The molecule has 0 aliphatic carbocycles. The lowest BCUT2D eigenvalue weighted by Gasteiger charge is -2.32. The van der Waals surface area contributed by atoms with Crippen LogP contribution in [0.1, 0.15) is 103 Å². The smallest absolute Gasteiger partial charge is 0.407 e. The van der Waals surface area contributed by atoms with Crippen molar-refractivity contribution in [2.45, 2.75) is 104 Å². The highest BCUT2D eigenvalue weighted by atomic mass is 16.6. The fourth-order valence-corrected chi connectivity index (χ4v) is 6.14. The number of piperidine rings is 1. The molecule has 0 bridgehead atoms. The molecule has 1 aromatic heterocycles. The first-order valence-corrected chi connectivity index (χ1v) is 15.9. The maximum atomic E-state index is 13.5. The summed E-state index contributed by atoms with van der Waals surface area (Å²) >= 11 is 0. The van der Waals surface area contributed by atoms with E-state index in [0.717, 1.165) is 49.3 Å². The van der Waals surface area contributed by atoms with Crippen LogP contribution in [0, 0.1) is 17.8 Å². The number of imidazole rings is 1. The molecule has 2 aliphatic heterocycles. The third-order valence-electron chi connectivity index (χ3n) is 8.22. The number of carbonyl (C=O) groups excluding carboxylic acids is 3. The summed E-state index contributed by atoms with van der Waals surface area (Å²) in [6.45, 7) is 15.9. The van der Waals surface area contributed by atoms with E-state index in [-0.39, 0.29) is 29.7 Å². The van der Waals surface area contributed by atoms with Gasteiger partial charge in [-0.3, -0.25) is 9.59 Å². The van der Waals surface area contributed by atoms with E-state index >= 15 is 0 Å². The molecule has 43 heavy (non-hydrogen) atoms. The van der Waals surface area contributed by atoms with Gasteiger partial charge in [-0.2, -0.15) is 0 Å². The van der Waals surface area contributed by atoms with Crippen molar-refractivity contribution >= 4 is 17.8 Å². The molecule has 4 unspecified atom stereocenters. The number of ether oxygens (including phenoxy) is 2.